The molecule has 12 atom stereocenters. The molecule has 21 heteroatoms. The highest BCUT2D eigenvalue weighted by molar-refractivity contribution is 7.47. The van der Waals surface area contributed by atoms with E-state index in [1.54, 1.807) is 18.3 Å². The number of nitrogens with zero attached hydrogens (tertiary/aromatic N) is 2. The minimum Gasteiger partial charge on any atom is -0.441 e. The number of aliphatic hydroxyl groups excluding tert-OH is 2. The Hall–Kier alpha value is -3.75. The molecule has 0 spiro atoms. The number of allylic oxidation sites excluding steroid dienone is 4. The van der Waals surface area contributed by atoms with Crippen molar-refractivity contribution in [2.75, 3.05) is 33.3 Å². The van der Waals surface area contributed by atoms with Crippen molar-refractivity contribution >= 4 is 27.2 Å². The lowest BCUT2D eigenvalue weighted by Gasteiger charge is -2.59. The van der Waals surface area contributed by atoms with Gasteiger partial charge in [-0.15, -0.1) is 0 Å². The highest BCUT2D eigenvalue weighted by Crippen LogP contribution is 2.70. The molecule has 3 unspecified atom stereocenters. The van der Waals surface area contributed by atoms with Crippen molar-refractivity contribution in [3.63, 3.8) is 0 Å². The standard InChI is InChI=1S/C63H89N3O16P2/c1-60-30-29-48(67)34-47(60)26-27-49-50-35-55-63(61(50,2)36-51(68)58(49)60,81-59(80-55)42-19-11-9-12-20-42)54(70)41-78-84(75,76)77-40-44-33-43(25-28-53(44)82-83(72,73)74)52(69)37-64-31-17-7-5-4-6-8-18-32-66(3)39-57-65-38-56(79-57)62(71,46-23-15-16-24-46)45-21-13-10-14-22-45/h10,13-14,21-22,25,28-30,33-34,38,42,46,49-52,55,58-59,64,68-69,71H,4-9,11-12,15-20,23-24,26-27,31-32,35-37,39-41H2,1-3H3,(H,75,76)(H2,72,73,74)/t49-,50-,51-,52?,55+,58+,59+,60-,61-,62?,63+/m0/s1. The van der Waals surface area contributed by atoms with Crippen LogP contribution in [0, 0.1) is 40.4 Å². The molecule has 6 fully saturated rings. The normalized spacial score (nSPS) is 30.7. The van der Waals surface area contributed by atoms with Gasteiger partial charge in [-0.2, -0.15) is 0 Å². The van der Waals surface area contributed by atoms with Gasteiger partial charge in [0.1, 0.15) is 12.4 Å². The number of unbranched alkanes of at least 4 members (excludes halogenated alkanes) is 6. The number of nitrogens with one attached hydrogen (secondary N) is 1. The number of carbonyl (C=O) groups excluding carboxylic acids is 2. The summed E-state index contributed by atoms with van der Waals surface area (Å²) in [5.41, 5.74) is -2.19. The number of hydrogen-bond acceptors (Lipinski definition) is 16. The first-order valence-corrected chi connectivity index (χ1v) is 34.0. The van der Waals surface area contributed by atoms with Crippen LogP contribution in [-0.2, 0) is 56.0 Å². The highest BCUT2D eigenvalue weighted by Gasteiger charge is 2.76. The second kappa shape index (κ2) is 26.5. The molecule has 6 aliphatic carbocycles. The number of aromatic nitrogens is 1. The highest BCUT2D eigenvalue weighted by atomic mass is 31.2. The van der Waals surface area contributed by atoms with E-state index in [9.17, 15) is 43.9 Å². The Bertz CT molecular complexity index is 2920. The maximum Gasteiger partial charge on any atom is 0.524 e. The minimum atomic E-state index is -5.11. The summed E-state index contributed by atoms with van der Waals surface area (Å²) in [6.45, 7) is 4.68. The van der Waals surface area contributed by atoms with Gasteiger partial charge in [-0.05, 0) is 138 Å². The monoisotopic (exact) mass is 1210 g/mol. The molecule has 2 aromatic carbocycles. The van der Waals surface area contributed by atoms with Gasteiger partial charge in [0.05, 0.1) is 37.7 Å². The molecule has 10 rings (SSSR count). The van der Waals surface area contributed by atoms with Crippen molar-refractivity contribution < 1.29 is 76.2 Å². The van der Waals surface area contributed by atoms with E-state index in [-0.39, 0.29) is 59.7 Å². The van der Waals surface area contributed by atoms with Crippen LogP contribution in [0.2, 0.25) is 0 Å². The van der Waals surface area contributed by atoms with Crippen LogP contribution in [0.3, 0.4) is 0 Å². The molecule has 19 nitrogen and oxygen atoms in total. The van der Waals surface area contributed by atoms with Crippen LogP contribution in [0.5, 0.6) is 5.75 Å². The minimum absolute atomic E-state index is 0.0414. The molecule has 7 N–H and O–H groups in total. The first kappa shape index (κ1) is 63.3. The third-order valence-electron chi connectivity index (χ3n) is 20.4. The van der Waals surface area contributed by atoms with Gasteiger partial charge in [-0.25, -0.2) is 14.1 Å². The molecule has 1 aliphatic heterocycles. The van der Waals surface area contributed by atoms with E-state index in [0.717, 1.165) is 120 Å². The number of ether oxygens (including phenoxy) is 2. The van der Waals surface area contributed by atoms with E-state index in [2.05, 4.69) is 29.2 Å². The van der Waals surface area contributed by atoms with Crippen LogP contribution >= 0.6 is 15.6 Å². The molecule has 1 saturated heterocycles. The number of fused-ring (bicyclic) bond motifs is 7. The van der Waals surface area contributed by atoms with Crippen molar-refractivity contribution in [1.82, 2.24) is 15.2 Å². The van der Waals surface area contributed by atoms with Crippen molar-refractivity contribution in [3.05, 3.63) is 107 Å². The number of aliphatic hydroxyl groups is 3. The summed E-state index contributed by atoms with van der Waals surface area (Å²) < 4.78 is 61.5. The molecule has 462 valence electrons. The second-order valence-corrected chi connectivity index (χ2v) is 28.4. The SMILES string of the molecule is CN(CCCCCCCCCNCC(O)c1ccc(OP(=O)(O)O)c(COP(=O)(O)OCC(=O)[C@@]23O[C@H](C4CCCCC4)O[C@@H]2C[C@H]2[C@@H]4CCC5=CC(=O)C=C[C@]5(C)[C@H]4[C@@H](O)C[C@@]23C)c1)Cc1ncc(C(O)(c2ccccc2)C2CCCC2)o1. The average Bonchev–Trinajstić information content (AvgIpc) is 1.56. The third-order valence-corrected chi connectivity index (χ3v) is 21.7. The van der Waals surface area contributed by atoms with Crippen molar-refractivity contribution in [3.8, 4) is 5.75 Å². The average molecular weight is 1210 g/mol. The molecule has 2 heterocycles. The summed E-state index contributed by atoms with van der Waals surface area (Å²) in [7, 11) is -8.14. The summed E-state index contributed by atoms with van der Waals surface area (Å²) in [6.07, 6.45) is 21.9. The van der Waals surface area contributed by atoms with Gasteiger partial charge in [-0.3, -0.25) is 33.3 Å². The Kier molecular flexibility index (Phi) is 20.0. The fourth-order valence-corrected chi connectivity index (χ4v) is 17.2. The van der Waals surface area contributed by atoms with Crippen molar-refractivity contribution in [2.45, 2.75) is 191 Å². The number of phosphoric acid groups is 2. The fourth-order valence-electron chi connectivity index (χ4n) is 16.1. The third kappa shape index (κ3) is 13.5. The zero-order chi connectivity index (χ0) is 59.5. The van der Waals surface area contributed by atoms with Gasteiger partial charge in [0.15, 0.2) is 34.8 Å². The van der Waals surface area contributed by atoms with Crippen LogP contribution < -0.4 is 9.84 Å². The molecular formula is C63H89N3O16P2. The van der Waals surface area contributed by atoms with Gasteiger partial charge in [0.2, 0.25) is 5.89 Å². The predicted octanol–water partition coefficient (Wildman–Crippen LogP) is 10.2. The van der Waals surface area contributed by atoms with Crippen molar-refractivity contribution in [2.24, 2.45) is 40.4 Å². The number of ketones is 2. The number of benzene rings is 2. The molecule has 3 aromatic rings. The topological polar surface area (TPSA) is 277 Å². The number of Topliss-reactive ketones (excluding diaryl/α,β-unsaturated/α-hetero) is 1. The molecule has 5 saturated carbocycles. The Morgan fingerprint density at radius 1 is 0.929 bits per heavy atom. The quantitative estimate of drug-likeness (QED) is 0.0263. The summed E-state index contributed by atoms with van der Waals surface area (Å²) in [5.74, 6) is -0.135. The van der Waals surface area contributed by atoms with Gasteiger partial charge in [0.25, 0.3) is 0 Å². The number of carbonyl (C=O) groups is 2. The van der Waals surface area contributed by atoms with Crippen LogP contribution in [-0.4, -0.2) is 109 Å². The molecule has 0 bridgehead atoms. The Morgan fingerprint density at radius 3 is 2.38 bits per heavy atom. The van der Waals surface area contributed by atoms with Gasteiger partial charge >= 0.3 is 15.6 Å². The Morgan fingerprint density at radius 2 is 1.64 bits per heavy atom. The molecular weight excluding hydrogens is 1120 g/mol. The molecule has 0 radical (unpaired) electrons. The fraction of sp³-hybridized carbons (Fsp3) is 0.667. The van der Waals surface area contributed by atoms with Gasteiger partial charge < -0.3 is 43.9 Å². The number of rotatable bonds is 28. The maximum atomic E-state index is 15.0. The zero-order valence-electron chi connectivity index (χ0n) is 49.1. The van der Waals surface area contributed by atoms with E-state index < -0.39 is 81.3 Å². The lowest BCUT2D eigenvalue weighted by molar-refractivity contribution is -0.209. The van der Waals surface area contributed by atoms with Crippen molar-refractivity contribution in [1.29, 1.82) is 0 Å². The smallest absolute Gasteiger partial charge is 0.441 e. The Labute approximate surface area is 494 Å². The predicted molar refractivity (Wildman–Crippen MR) is 312 cm³/mol. The Balaban J connectivity index is 0.678. The zero-order valence-corrected chi connectivity index (χ0v) is 50.9. The lowest BCUT2D eigenvalue weighted by Crippen LogP contribution is -2.63. The summed E-state index contributed by atoms with van der Waals surface area (Å²) in [6, 6.07) is 13.8. The largest absolute Gasteiger partial charge is 0.524 e. The first-order chi connectivity index (χ1) is 40.1. The van der Waals surface area contributed by atoms with Crippen LogP contribution in [0.4, 0.5) is 0 Å². The van der Waals surface area contributed by atoms with Crippen LogP contribution in [0.25, 0.3) is 0 Å². The lowest BCUT2D eigenvalue weighted by atomic mass is 9.46. The number of hydrogen-bond donors (Lipinski definition) is 7. The van der Waals surface area contributed by atoms with Gasteiger partial charge in [0, 0.05) is 34.8 Å². The maximum absolute atomic E-state index is 15.0. The number of oxazole rings is 1. The summed E-state index contributed by atoms with van der Waals surface area (Å²) >= 11 is 0. The van der Waals surface area contributed by atoms with Gasteiger partial charge in [-0.1, -0.05) is 126 Å². The van der Waals surface area contributed by atoms with E-state index in [1.165, 1.54) is 18.2 Å². The van der Waals surface area contributed by atoms with E-state index in [1.807, 2.05) is 43.3 Å². The van der Waals surface area contributed by atoms with E-state index >= 15 is 4.79 Å². The molecule has 1 aromatic heterocycles. The molecule has 84 heavy (non-hydrogen) atoms. The summed E-state index contributed by atoms with van der Waals surface area (Å²) in [5, 5.41) is 38.8. The first-order valence-electron chi connectivity index (χ1n) is 30.9. The molecule has 0 amide bonds. The van der Waals surface area contributed by atoms with E-state index in [0.29, 0.717) is 49.6 Å². The van der Waals surface area contributed by atoms with E-state index in [4.69, 9.17) is 27.5 Å². The second-order valence-electron chi connectivity index (χ2n) is 25.7. The van der Waals surface area contributed by atoms with Crippen LogP contribution in [0.1, 0.15) is 177 Å². The number of phosphoric ester groups is 2. The molecule has 7 aliphatic rings. The summed E-state index contributed by atoms with van der Waals surface area (Å²) in [4.78, 5) is 64.9. The van der Waals surface area contributed by atoms with Crippen LogP contribution in [0.15, 0.2) is 82.9 Å².